The molecule has 0 spiro atoms. The Kier molecular flexibility index (Phi) is 5.00. The van der Waals surface area contributed by atoms with Crippen molar-refractivity contribution in [3.63, 3.8) is 0 Å². The molecule has 0 aromatic heterocycles. The average Bonchev–Trinajstić information content (AvgIpc) is 2.38. The molecule has 21 heavy (non-hydrogen) atoms. The SMILES string of the molecule is Cc1cc(C)c(NCc2cccc([N+](=O)[O-])c2Br)c(Br)c1. The molecule has 0 radical (unpaired) electrons. The summed E-state index contributed by atoms with van der Waals surface area (Å²) in [5.74, 6) is 0. The fourth-order valence-electron chi connectivity index (χ4n) is 2.17. The van der Waals surface area contributed by atoms with Gasteiger partial charge in [-0.3, -0.25) is 10.1 Å². The molecule has 0 aliphatic carbocycles. The van der Waals surface area contributed by atoms with Gasteiger partial charge in [0, 0.05) is 17.1 Å². The lowest BCUT2D eigenvalue weighted by Crippen LogP contribution is -2.04. The van der Waals surface area contributed by atoms with E-state index < -0.39 is 0 Å². The van der Waals surface area contributed by atoms with Gasteiger partial charge < -0.3 is 5.32 Å². The highest BCUT2D eigenvalue weighted by Crippen LogP contribution is 2.31. The van der Waals surface area contributed by atoms with Crippen LogP contribution in [-0.2, 0) is 6.54 Å². The van der Waals surface area contributed by atoms with E-state index in [-0.39, 0.29) is 10.6 Å². The van der Waals surface area contributed by atoms with Crippen LogP contribution in [0.2, 0.25) is 0 Å². The molecule has 110 valence electrons. The third-order valence-corrected chi connectivity index (χ3v) is 4.68. The fraction of sp³-hybridized carbons (Fsp3) is 0.200. The highest BCUT2D eigenvalue weighted by Gasteiger charge is 2.15. The summed E-state index contributed by atoms with van der Waals surface area (Å²) in [5, 5.41) is 14.3. The molecule has 0 fully saturated rings. The first-order valence-electron chi connectivity index (χ1n) is 6.32. The molecule has 0 atom stereocenters. The van der Waals surface area contributed by atoms with Gasteiger partial charge >= 0.3 is 0 Å². The molecular formula is C15H14Br2N2O2. The van der Waals surface area contributed by atoms with Crippen molar-refractivity contribution in [1.82, 2.24) is 0 Å². The van der Waals surface area contributed by atoms with Crippen LogP contribution in [0, 0.1) is 24.0 Å². The second-order valence-corrected chi connectivity index (χ2v) is 6.45. The summed E-state index contributed by atoms with van der Waals surface area (Å²) in [6.07, 6.45) is 0. The molecule has 2 aromatic carbocycles. The van der Waals surface area contributed by atoms with Crippen molar-refractivity contribution in [2.45, 2.75) is 20.4 Å². The van der Waals surface area contributed by atoms with Gasteiger partial charge in [0.05, 0.1) is 10.6 Å². The van der Waals surface area contributed by atoms with Crippen LogP contribution in [0.25, 0.3) is 0 Å². The third kappa shape index (κ3) is 3.63. The Hall–Kier alpha value is -1.40. The fourth-order valence-corrected chi connectivity index (χ4v) is 3.53. The molecule has 0 saturated carbocycles. The quantitative estimate of drug-likeness (QED) is 0.542. The number of benzene rings is 2. The van der Waals surface area contributed by atoms with Gasteiger partial charge in [0.25, 0.3) is 5.69 Å². The molecule has 1 N–H and O–H groups in total. The zero-order chi connectivity index (χ0) is 15.6. The maximum atomic E-state index is 10.9. The largest absolute Gasteiger partial charge is 0.380 e. The molecular weight excluding hydrogens is 400 g/mol. The minimum Gasteiger partial charge on any atom is -0.380 e. The van der Waals surface area contributed by atoms with Crippen molar-refractivity contribution in [1.29, 1.82) is 0 Å². The van der Waals surface area contributed by atoms with Gasteiger partial charge in [-0.25, -0.2) is 0 Å². The number of nitro benzene ring substituents is 1. The summed E-state index contributed by atoms with van der Waals surface area (Å²) in [6, 6.07) is 9.17. The van der Waals surface area contributed by atoms with E-state index in [0.29, 0.717) is 11.0 Å². The molecule has 0 unspecified atom stereocenters. The van der Waals surface area contributed by atoms with Crippen LogP contribution < -0.4 is 5.32 Å². The number of hydrogen-bond donors (Lipinski definition) is 1. The van der Waals surface area contributed by atoms with Gasteiger partial charge in [0.2, 0.25) is 0 Å². The predicted molar refractivity (Wildman–Crippen MR) is 91.7 cm³/mol. The third-order valence-electron chi connectivity index (χ3n) is 3.14. The Bertz CT molecular complexity index is 679. The average molecular weight is 414 g/mol. The van der Waals surface area contributed by atoms with E-state index in [0.717, 1.165) is 21.3 Å². The van der Waals surface area contributed by atoms with Crippen molar-refractivity contribution < 1.29 is 4.92 Å². The molecule has 0 bridgehead atoms. The second-order valence-electron chi connectivity index (χ2n) is 4.80. The molecule has 4 nitrogen and oxygen atoms in total. The summed E-state index contributed by atoms with van der Waals surface area (Å²) >= 11 is 6.86. The van der Waals surface area contributed by atoms with Gasteiger partial charge in [-0.15, -0.1) is 0 Å². The summed E-state index contributed by atoms with van der Waals surface area (Å²) in [5.41, 5.74) is 4.23. The summed E-state index contributed by atoms with van der Waals surface area (Å²) < 4.78 is 1.50. The maximum Gasteiger partial charge on any atom is 0.283 e. The minimum atomic E-state index is -0.388. The van der Waals surface area contributed by atoms with E-state index in [4.69, 9.17) is 0 Å². The maximum absolute atomic E-state index is 10.9. The van der Waals surface area contributed by atoms with Gasteiger partial charge in [0.15, 0.2) is 0 Å². The summed E-state index contributed by atoms with van der Waals surface area (Å²) in [6.45, 7) is 4.58. The number of rotatable bonds is 4. The van der Waals surface area contributed by atoms with Gasteiger partial charge in [-0.2, -0.15) is 0 Å². The second kappa shape index (κ2) is 6.58. The normalized spacial score (nSPS) is 10.5. The topological polar surface area (TPSA) is 55.2 Å². The number of nitro groups is 1. The van der Waals surface area contributed by atoms with E-state index in [2.05, 4.69) is 43.2 Å². The molecule has 0 amide bonds. The van der Waals surface area contributed by atoms with Crippen molar-refractivity contribution in [2.24, 2.45) is 0 Å². The molecule has 6 heteroatoms. The Labute approximate surface area is 140 Å². The molecule has 0 aliphatic rings. The van der Waals surface area contributed by atoms with Crippen LogP contribution >= 0.6 is 31.9 Å². The lowest BCUT2D eigenvalue weighted by Gasteiger charge is -2.13. The number of nitrogens with zero attached hydrogens (tertiary/aromatic N) is 1. The minimum absolute atomic E-state index is 0.0778. The van der Waals surface area contributed by atoms with Crippen LogP contribution in [0.5, 0.6) is 0 Å². The predicted octanol–water partition coefficient (Wildman–Crippen LogP) is 5.35. The Balaban J connectivity index is 2.25. The molecule has 2 rings (SSSR count). The van der Waals surface area contributed by atoms with Crippen molar-refractivity contribution in [3.8, 4) is 0 Å². The van der Waals surface area contributed by atoms with Crippen LogP contribution in [0.1, 0.15) is 16.7 Å². The van der Waals surface area contributed by atoms with Crippen LogP contribution in [-0.4, -0.2) is 4.92 Å². The van der Waals surface area contributed by atoms with Gasteiger partial charge in [0.1, 0.15) is 4.47 Å². The number of anilines is 1. The first-order valence-corrected chi connectivity index (χ1v) is 7.91. The highest BCUT2D eigenvalue weighted by molar-refractivity contribution is 9.11. The van der Waals surface area contributed by atoms with E-state index in [1.807, 2.05) is 26.0 Å². The first kappa shape index (κ1) is 16.0. The smallest absolute Gasteiger partial charge is 0.283 e. The molecule has 0 saturated heterocycles. The van der Waals surface area contributed by atoms with E-state index in [1.54, 1.807) is 6.07 Å². The summed E-state index contributed by atoms with van der Waals surface area (Å²) in [7, 11) is 0. The molecule has 0 aliphatic heterocycles. The number of nitrogens with one attached hydrogen (secondary N) is 1. The number of hydrogen-bond acceptors (Lipinski definition) is 3. The monoisotopic (exact) mass is 412 g/mol. The Morgan fingerprint density at radius 2 is 1.95 bits per heavy atom. The highest BCUT2D eigenvalue weighted by atomic mass is 79.9. The zero-order valence-corrected chi connectivity index (χ0v) is 14.8. The van der Waals surface area contributed by atoms with E-state index in [1.165, 1.54) is 11.6 Å². The van der Waals surface area contributed by atoms with Gasteiger partial charge in [-0.05, 0) is 68.5 Å². The van der Waals surface area contributed by atoms with Crippen LogP contribution in [0.15, 0.2) is 39.3 Å². The van der Waals surface area contributed by atoms with Crippen LogP contribution in [0.4, 0.5) is 11.4 Å². The lowest BCUT2D eigenvalue weighted by molar-refractivity contribution is -0.385. The van der Waals surface area contributed by atoms with E-state index >= 15 is 0 Å². The van der Waals surface area contributed by atoms with Crippen molar-refractivity contribution in [3.05, 3.63) is 66.1 Å². The Morgan fingerprint density at radius 3 is 2.57 bits per heavy atom. The zero-order valence-electron chi connectivity index (χ0n) is 11.6. The van der Waals surface area contributed by atoms with Crippen molar-refractivity contribution >= 4 is 43.2 Å². The number of halogens is 2. The molecule has 0 heterocycles. The number of aryl methyl sites for hydroxylation is 2. The summed E-state index contributed by atoms with van der Waals surface area (Å²) in [4.78, 5) is 10.6. The standard InChI is InChI=1S/C15H14Br2N2O2/c1-9-6-10(2)15(12(16)7-9)18-8-11-4-3-5-13(14(11)17)19(20)21/h3-7,18H,8H2,1-2H3. The lowest BCUT2D eigenvalue weighted by atomic mass is 10.1. The Morgan fingerprint density at radius 1 is 1.24 bits per heavy atom. The van der Waals surface area contributed by atoms with Crippen LogP contribution in [0.3, 0.4) is 0 Å². The van der Waals surface area contributed by atoms with Gasteiger partial charge in [-0.1, -0.05) is 18.2 Å². The van der Waals surface area contributed by atoms with E-state index in [9.17, 15) is 10.1 Å². The molecule has 2 aromatic rings. The first-order chi connectivity index (χ1) is 9.90. The van der Waals surface area contributed by atoms with Crippen molar-refractivity contribution in [2.75, 3.05) is 5.32 Å².